The molecule has 1 aliphatic rings. The van der Waals surface area contributed by atoms with Crippen LogP contribution in [0.15, 0.2) is 42.5 Å². The Morgan fingerprint density at radius 1 is 1.10 bits per heavy atom. The van der Waals surface area contributed by atoms with Gasteiger partial charge in [0.15, 0.2) is 0 Å². The van der Waals surface area contributed by atoms with Crippen LogP contribution in [-0.4, -0.2) is 38.8 Å². The fraction of sp³-hybridized carbons (Fsp3) is 0.480. The Labute approximate surface area is 174 Å². The lowest BCUT2D eigenvalue weighted by atomic mass is 10.0. The summed E-state index contributed by atoms with van der Waals surface area (Å²) in [5.41, 5.74) is 6.10. The fourth-order valence-corrected chi connectivity index (χ4v) is 4.44. The number of hydrogen-bond donors (Lipinski definition) is 1. The largest absolute Gasteiger partial charge is 0.395 e. The molecule has 0 aliphatic carbocycles. The van der Waals surface area contributed by atoms with Crippen LogP contribution >= 0.6 is 0 Å². The Bertz CT molecular complexity index is 958. The number of rotatable bonds is 7. The number of hydrogen-bond acceptors (Lipinski definition) is 3. The summed E-state index contributed by atoms with van der Waals surface area (Å²) in [6, 6.07) is 15.8. The molecular formula is C25H33N3O. The van der Waals surface area contributed by atoms with Gasteiger partial charge in [0.05, 0.1) is 17.6 Å². The molecule has 0 unspecified atom stereocenters. The predicted octanol–water partition coefficient (Wildman–Crippen LogP) is 5.01. The highest BCUT2D eigenvalue weighted by molar-refractivity contribution is 5.82. The maximum Gasteiger partial charge on any atom is 0.106 e. The Hall–Kier alpha value is -2.17. The zero-order valence-electron chi connectivity index (χ0n) is 17.9. The smallest absolute Gasteiger partial charge is 0.106 e. The number of aliphatic hydroxyl groups is 1. The van der Waals surface area contributed by atoms with Crippen molar-refractivity contribution in [3.8, 4) is 11.1 Å². The maximum atomic E-state index is 9.54. The Balaban J connectivity index is 1.55. The van der Waals surface area contributed by atoms with Crippen LogP contribution in [0.1, 0.15) is 44.5 Å². The van der Waals surface area contributed by atoms with Crippen LogP contribution in [0.5, 0.6) is 0 Å². The van der Waals surface area contributed by atoms with Gasteiger partial charge in [0.25, 0.3) is 0 Å². The number of likely N-dealkylation sites (tertiary alicyclic amines) is 1. The standard InChI is InChI=1S/C25H33N3O/c1-18(2)12-14-28-19(3)26-24-11-10-22(15-25(24)28)21-8-6-20(7-9-21)16-27-13-4-5-23(27)17-29/h6-11,15,18,23,29H,4-5,12-14,16-17H2,1-3H3/t23-/m1/s1. The summed E-state index contributed by atoms with van der Waals surface area (Å²) in [6.45, 7) is 9.94. The summed E-state index contributed by atoms with van der Waals surface area (Å²) in [5, 5.41) is 9.54. The van der Waals surface area contributed by atoms with Gasteiger partial charge in [0.2, 0.25) is 0 Å². The van der Waals surface area contributed by atoms with Gasteiger partial charge in [-0.15, -0.1) is 0 Å². The van der Waals surface area contributed by atoms with Gasteiger partial charge in [-0.05, 0) is 67.5 Å². The second kappa shape index (κ2) is 8.68. The molecule has 1 aromatic heterocycles. The van der Waals surface area contributed by atoms with Crippen molar-refractivity contribution in [1.29, 1.82) is 0 Å². The van der Waals surface area contributed by atoms with Crippen molar-refractivity contribution in [2.75, 3.05) is 13.2 Å². The first-order chi connectivity index (χ1) is 14.0. The minimum atomic E-state index is 0.266. The third kappa shape index (κ3) is 4.39. The lowest BCUT2D eigenvalue weighted by molar-refractivity contribution is 0.153. The van der Waals surface area contributed by atoms with Crippen molar-refractivity contribution in [2.45, 2.75) is 59.2 Å². The molecule has 1 saturated heterocycles. The van der Waals surface area contributed by atoms with Crippen LogP contribution in [0.25, 0.3) is 22.2 Å². The second-order valence-corrected chi connectivity index (χ2v) is 8.84. The van der Waals surface area contributed by atoms with Gasteiger partial charge in [-0.25, -0.2) is 4.98 Å². The highest BCUT2D eigenvalue weighted by Gasteiger charge is 2.23. The molecule has 4 heteroatoms. The van der Waals surface area contributed by atoms with E-state index in [1.54, 1.807) is 0 Å². The number of aromatic nitrogens is 2. The van der Waals surface area contributed by atoms with Crippen LogP contribution in [0, 0.1) is 12.8 Å². The Kier molecular flexibility index (Phi) is 6.02. The molecule has 0 spiro atoms. The van der Waals surface area contributed by atoms with E-state index in [9.17, 15) is 5.11 Å². The highest BCUT2D eigenvalue weighted by Crippen LogP contribution is 2.27. The molecule has 2 heterocycles. The van der Waals surface area contributed by atoms with Crippen molar-refractivity contribution < 1.29 is 5.11 Å². The monoisotopic (exact) mass is 391 g/mol. The normalized spacial score (nSPS) is 17.6. The number of aliphatic hydroxyl groups excluding tert-OH is 1. The van der Waals surface area contributed by atoms with Crippen molar-refractivity contribution in [1.82, 2.24) is 14.5 Å². The first-order valence-corrected chi connectivity index (χ1v) is 11.0. The Morgan fingerprint density at radius 2 is 1.86 bits per heavy atom. The van der Waals surface area contributed by atoms with E-state index in [4.69, 9.17) is 4.98 Å². The van der Waals surface area contributed by atoms with Gasteiger partial charge >= 0.3 is 0 Å². The summed E-state index contributed by atoms with van der Waals surface area (Å²) >= 11 is 0. The molecule has 29 heavy (non-hydrogen) atoms. The third-order valence-corrected chi connectivity index (χ3v) is 6.25. The molecule has 1 aliphatic heterocycles. The van der Waals surface area contributed by atoms with Gasteiger partial charge in [0.1, 0.15) is 5.82 Å². The first-order valence-electron chi connectivity index (χ1n) is 11.0. The molecule has 0 radical (unpaired) electrons. The van der Waals surface area contributed by atoms with E-state index >= 15 is 0 Å². The molecule has 1 fully saturated rings. The van der Waals surface area contributed by atoms with Gasteiger partial charge in [-0.1, -0.05) is 44.2 Å². The zero-order chi connectivity index (χ0) is 20.4. The molecule has 1 atom stereocenters. The van der Waals surface area contributed by atoms with Crippen molar-refractivity contribution >= 4 is 11.0 Å². The van der Waals surface area contributed by atoms with E-state index in [1.807, 2.05) is 0 Å². The number of fused-ring (bicyclic) bond motifs is 1. The molecule has 4 rings (SSSR count). The average molecular weight is 392 g/mol. The maximum absolute atomic E-state index is 9.54. The molecule has 0 saturated carbocycles. The molecule has 1 N–H and O–H groups in total. The number of imidazole rings is 1. The molecule has 4 nitrogen and oxygen atoms in total. The van der Waals surface area contributed by atoms with E-state index in [-0.39, 0.29) is 6.61 Å². The number of benzene rings is 2. The quantitative estimate of drug-likeness (QED) is 0.615. The summed E-state index contributed by atoms with van der Waals surface area (Å²) in [6.07, 6.45) is 3.46. The minimum absolute atomic E-state index is 0.266. The van der Waals surface area contributed by atoms with Gasteiger partial charge in [0, 0.05) is 19.1 Å². The van der Waals surface area contributed by atoms with Crippen LogP contribution in [0.4, 0.5) is 0 Å². The van der Waals surface area contributed by atoms with Crippen LogP contribution in [-0.2, 0) is 13.1 Å². The molecule has 0 bridgehead atoms. The molecule has 154 valence electrons. The molecule has 0 amide bonds. The van der Waals surface area contributed by atoms with Crippen LogP contribution < -0.4 is 0 Å². The number of aryl methyl sites for hydroxylation is 2. The topological polar surface area (TPSA) is 41.3 Å². The van der Waals surface area contributed by atoms with E-state index in [0.717, 1.165) is 43.8 Å². The molecular weight excluding hydrogens is 358 g/mol. The first kappa shape index (κ1) is 20.1. The highest BCUT2D eigenvalue weighted by atomic mass is 16.3. The van der Waals surface area contributed by atoms with Gasteiger partial charge in [-0.3, -0.25) is 4.90 Å². The summed E-state index contributed by atoms with van der Waals surface area (Å²) in [7, 11) is 0. The van der Waals surface area contributed by atoms with E-state index in [1.165, 1.54) is 28.6 Å². The predicted molar refractivity (Wildman–Crippen MR) is 120 cm³/mol. The third-order valence-electron chi connectivity index (χ3n) is 6.25. The second-order valence-electron chi connectivity index (χ2n) is 8.84. The van der Waals surface area contributed by atoms with E-state index < -0.39 is 0 Å². The fourth-order valence-electron chi connectivity index (χ4n) is 4.44. The van der Waals surface area contributed by atoms with E-state index in [2.05, 4.69) is 72.7 Å². The van der Waals surface area contributed by atoms with Gasteiger partial charge < -0.3 is 9.67 Å². The summed E-state index contributed by atoms with van der Waals surface area (Å²) in [4.78, 5) is 7.15. The average Bonchev–Trinajstić information content (AvgIpc) is 3.29. The number of nitrogens with zero attached hydrogens (tertiary/aromatic N) is 3. The van der Waals surface area contributed by atoms with Crippen molar-refractivity contribution in [3.63, 3.8) is 0 Å². The van der Waals surface area contributed by atoms with Crippen molar-refractivity contribution in [3.05, 3.63) is 53.9 Å². The Morgan fingerprint density at radius 3 is 2.59 bits per heavy atom. The lowest BCUT2D eigenvalue weighted by Gasteiger charge is -2.22. The van der Waals surface area contributed by atoms with Crippen LogP contribution in [0.2, 0.25) is 0 Å². The van der Waals surface area contributed by atoms with Crippen LogP contribution in [0.3, 0.4) is 0 Å². The molecule has 2 aromatic carbocycles. The zero-order valence-corrected chi connectivity index (χ0v) is 17.9. The van der Waals surface area contributed by atoms with E-state index in [0.29, 0.717) is 12.0 Å². The minimum Gasteiger partial charge on any atom is -0.395 e. The SMILES string of the molecule is Cc1nc2ccc(-c3ccc(CN4CCC[C@@H]4CO)cc3)cc2n1CCC(C)C. The van der Waals surface area contributed by atoms with Gasteiger partial charge in [-0.2, -0.15) is 0 Å². The van der Waals surface area contributed by atoms with Crippen molar-refractivity contribution in [2.24, 2.45) is 5.92 Å². The summed E-state index contributed by atoms with van der Waals surface area (Å²) in [5.74, 6) is 1.78. The summed E-state index contributed by atoms with van der Waals surface area (Å²) < 4.78 is 2.36. The molecule has 3 aromatic rings. The lowest BCUT2D eigenvalue weighted by Crippen LogP contribution is -2.31.